The van der Waals surface area contributed by atoms with E-state index in [0.717, 1.165) is 37.2 Å². The van der Waals surface area contributed by atoms with Crippen molar-refractivity contribution < 1.29 is 9.90 Å². The Morgan fingerprint density at radius 1 is 1.14 bits per heavy atom. The van der Waals surface area contributed by atoms with Crippen LogP contribution in [-0.4, -0.2) is 57.5 Å². The molecule has 1 aromatic carbocycles. The molecule has 1 aromatic heterocycles. The minimum atomic E-state index is -0.316. The molecule has 5 heterocycles. The number of piperidine rings is 3. The summed E-state index contributed by atoms with van der Waals surface area (Å²) in [6.45, 7) is 4.52. The summed E-state index contributed by atoms with van der Waals surface area (Å²) in [5.74, 6) is 0.705. The number of fused-ring (bicyclic) bond motifs is 2. The number of carbonyl (C=O) groups is 1. The number of aromatic amines is 1. The van der Waals surface area contributed by atoms with Gasteiger partial charge in [-0.05, 0) is 68.6 Å². The van der Waals surface area contributed by atoms with Gasteiger partial charge in [0, 0.05) is 24.2 Å². The highest BCUT2D eigenvalue weighted by molar-refractivity contribution is 5.94. The molecule has 146 valence electrons. The molecule has 6 heteroatoms. The summed E-state index contributed by atoms with van der Waals surface area (Å²) in [7, 11) is 0. The second-order valence-corrected chi connectivity index (χ2v) is 8.40. The molecule has 0 unspecified atom stereocenters. The quantitative estimate of drug-likeness (QED) is 0.838. The first-order valence-electron chi connectivity index (χ1n) is 10.1. The first kappa shape index (κ1) is 17.5. The van der Waals surface area contributed by atoms with Crippen LogP contribution in [0.25, 0.3) is 0 Å². The maximum atomic E-state index is 13.4. The molecule has 2 aromatic rings. The lowest BCUT2D eigenvalue weighted by Crippen LogP contribution is -2.61. The van der Waals surface area contributed by atoms with E-state index in [4.69, 9.17) is 0 Å². The zero-order valence-electron chi connectivity index (χ0n) is 16.0. The third kappa shape index (κ3) is 2.66. The zero-order valence-corrected chi connectivity index (χ0v) is 16.0. The first-order chi connectivity index (χ1) is 13.5. The highest BCUT2D eigenvalue weighted by Crippen LogP contribution is 2.47. The van der Waals surface area contributed by atoms with E-state index in [1.807, 2.05) is 30.0 Å². The molecule has 6 rings (SSSR count). The molecule has 4 aliphatic rings. The first-order valence-corrected chi connectivity index (χ1v) is 10.1. The van der Waals surface area contributed by atoms with Gasteiger partial charge in [-0.25, -0.2) is 0 Å². The Kier molecular flexibility index (Phi) is 4.05. The maximum absolute atomic E-state index is 13.4. The van der Waals surface area contributed by atoms with Crippen molar-refractivity contribution in [3.63, 3.8) is 0 Å². The second-order valence-electron chi connectivity index (χ2n) is 8.40. The molecule has 4 aliphatic heterocycles. The summed E-state index contributed by atoms with van der Waals surface area (Å²) in [5.41, 5.74) is 1.72. The summed E-state index contributed by atoms with van der Waals surface area (Å²) in [5, 5.41) is 9.98. The summed E-state index contributed by atoms with van der Waals surface area (Å²) < 4.78 is 0. The Labute approximate surface area is 163 Å². The van der Waals surface area contributed by atoms with Gasteiger partial charge in [-0.3, -0.25) is 14.5 Å². The molecular formula is C22H25N3O3. The predicted octanol–water partition coefficient (Wildman–Crippen LogP) is 2.09. The van der Waals surface area contributed by atoms with Gasteiger partial charge in [-0.15, -0.1) is 0 Å². The number of aromatic hydroxyl groups is 1. The van der Waals surface area contributed by atoms with Gasteiger partial charge in [0.25, 0.3) is 11.5 Å². The number of H-pyrrole nitrogens is 1. The predicted molar refractivity (Wildman–Crippen MR) is 106 cm³/mol. The third-order valence-electron chi connectivity index (χ3n) is 6.84. The zero-order chi connectivity index (χ0) is 19.4. The lowest BCUT2D eigenvalue weighted by Gasteiger charge is -2.51. The summed E-state index contributed by atoms with van der Waals surface area (Å²) in [6.07, 6.45) is 2.20. The largest absolute Gasteiger partial charge is 0.508 e. The highest BCUT2D eigenvalue weighted by atomic mass is 16.3. The van der Waals surface area contributed by atoms with Crippen molar-refractivity contribution in [3.05, 3.63) is 63.6 Å². The van der Waals surface area contributed by atoms with Gasteiger partial charge < -0.3 is 15.0 Å². The van der Waals surface area contributed by atoms with Crippen LogP contribution in [0.4, 0.5) is 0 Å². The number of phenols is 1. The van der Waals surface area contributed by atoms with Gasteiger partial charge in [0.1, 0.15) is 11.3 Å². The van der Waals surface area contributed by atoms with Crippen LogP contribution in [0.15, 0.2) is 41.2 Å². The Balaban J connectivity index is 1.55. The lowest BCUT2D eigenvalue weighted by atomic mass is 9.75. The molecule has 28 heavy (non-hydrogen) atoms. The number of carbonyl (C=O) groups excluding carboxylic acids is 1. The van der Waals surface area contributed by atoms with Crippen LogP contribution in [0.3, 0.4) is 0 Å². The van der Waals surface area contributed by atoms with Crippen molar-refractivity contribution >= 4 is 5.91 Å². The van der Waals surface area contributed by atoms with Crippen molar-refractivity contribution in [3.8, 4) is 5.75 Å². The summed E-state index contributed by atoms with van der Waals surface area (Å²) >= 11 is 0. The van der Waals surface area contributed by atoms with Crippen molar-refractivity contribution in [2.75, 3.05) is 19.6 Å². The molecule has 0 aliphatic carbocycles. The Morgan fingerprint density at radius 3 is 2.64 bits per heavy atom. The number of pyridine rings is 1. The van der Waals surface area contributed by atoms with Crippen LogP contribution in [0.5, 0.6) is 5.75 Å². The topological polar surface area (TPSA) is 76.6 Å². The van der Waals surface area contributed by atoms with Crippen LogP contribution >= 0.6 is 0 Å². The molecular weight excluding hydrogens is 354 g/mol. The van der Waals surface area contributed by atoms with Crippen molar-refractivity contribution in [2.24, 2.45) is 5.92 Å². The van der Waals surface area contributed by atoms with Crippen LogP contribution in [0.1, 0.15) is 40.4 Å². The Hall–Kier alpha value is -2.60. The summed E-state index contributed by atoms with van der Waals surface area (Å²) in [6, 6.07) is 11.2. The number of rotatable bonds is 2. The maximum Gasteiger partial charge on any atom is 0.260 e. The fourth-order valence-electron chi connectivity index (χ4n) is 5.60. The number of aromatic nitrogens is 1. The van der Waals surface area contributed by atoms with E-state index in [-0.39, 0.29) is 40.8 Å². The molecule has 4 saturated heterocycles. The van der Waals surface area contributed by atoms with Crippen molar-refractivity contribution in [1.29, 1.82) is 0 Å². The van der Waals surface area contributed by atoms with Gasteiger partial charge in [0.2, 0.25) is 0 Å². The fourth-order valence-corrected chi connectivity index (χ4v) is 5.60. The van der Waals surface area contributed by atoms with Gasteiger partial charge in [-0.1, -0.05) is 12.1 Å². The molecule has 1 amide bonds. The van der Waals surface area contributed by atoms with E-state index in [1.165, 1.54) is 0 Å². The number of hydrogen-bond donors (Lipinski definition) is 2. The molecule has 6 nitrogen and oxygen atoms in total. The Morgan fingerprint density at radius 2 is 1.93 bits per heavy atom. The number of aryl methyl sites for hydroxylation is 1. The molecule has 3 atom stereocenters. The lowest BCUT2D eigenvalue weighted by molar-refractivity contribution is -0.00347. The smallest absolute Gasteiger partial charge is 0.260 e. The average molecular weight is 379 g/mol. The van der Waals surface area contributed by atoms with Crippen LogP contribution in [0.2, 0.25) is 0 Å². The SMILES string of the molecule is Cc1ccc(C(=O)N2C[C@@H](c3cccc(O)c3)[C@@H]3[C@H]2C2CCN3CC2)c(=O)[nH]1. The summed E-state index contributed by atoms with van der Waals surface area (Å²) in [4.78, 5) is 33.0. The number of phenolic OH excluding ortho intramolecular Hbond substituents is 1. The van der Waals surface area contributed by atoms with Gasteiger partial charge >= 0.3 is 0 Å². The normalized spacial score (nSPS) is 31.0. The second kappa shape index (κ2) is 6.48. The minimum absolute atomic E-state index is 0.128. The van der Waals surface area contributed by atoms with Gasteiger partial charge in [0.15, 0.2) is 0 Å². The number of likely N-dealkylation sites (tertiary alicyclic amines) is 1. The molecule has 2 N–H and O–H groups in total. The molecule has 2 bridgehead atoms. The number of nitrogens with zero attached hydrogens (tertiary/aromatic N) is 2. The Bertz CT molecular complexity index is 977. The third-order valence-corrected chi connectivity index (χ3v) is 6.84. The fraction of sp³-hybridized carbons (Fsp3) is 0.455. The van der Waals surface area contributed by atoms with Crippen molar-refractivity contribution in [2.45, 2.75) is 37.8 Å². The van der Waals surface area contributed by atoms with Crippen LogP contribution < -0.4 is 5.56 Å². The van der Waals surface area contributed by atoms with E-state index in [9.17, 15) is 14.7 Å². The average Bonchev–Trinajstić information content (AvgIpc) is 3.11. The number of benzene rings is 1. The number of nitrogens with one attached hydrogen (secondary N) is 1. The van der Waals surface area contributed by atoms with E-state index in [2.05, 4.69) is 9.88 Å². The van der Waals surface area contributed by atoms with Gasteiger partial charge in [-0.2, -0.15) is 0 Å². The van der Waals surface area contributed by atoms with Crippen LogP contribution in [0, 0.1) is 12.8 Å². The molecule has 0 saturated carbocycles. The van der Waals surface area contributed by atoms with E-state index < -0.39 is 0 Å². The molecule has 0 spiro atoms. The van der Waals surface area contributed by atoms with Crippen molar-refractivity contribution in [1.82, 2.24) is 14.8 Å². The van der Waals surface area contributed by atoms with E-state index in [1.54, 1.807) is 18.2 Å². The highest BCUT2D eigenvalue weighted by Gasteiger charge is 2.54. The minimum Gasteiger partial charge on any atom is -0.508 e. The van der Waals surface area contributed by atoms with Crippen LogP contribution in [-0.2, 0) is 0 Å². The van der Waals surface area contributed by atoms with E-state index in [0.29, 0.717) is 12.5 Å². The monoisotopic (exact) mass is 379 g/mol. The number of amides is 1. The number of hydrogen-bond acceptors (Lipinski definition) is 4. The molecule has 4 fully saturated rings. The van der Waals surface area contributed by atoms with Gasteiger partial charge in [0.05, 0.1) is 6.04 Å². The standard InChI is InChI=1S/C22H25N3O3/c1-13-5-6-17(21(27)23-13)22(28)25-12-18(15-3-2-4-16(26)11-15)20-19(25)14-7-9-24(20)10-8-14/h2-6,11,14,18-20,26H,7-10,12H2,1H3,(H,23,27)/t18-,19+,20+/m0/s1. The van der Waals surface area contributed by atoms with E-state index >= 15 is 0 Å². The molecule has 0 radical (unpaired) electrons.